The number of benzene rings is 1. The molecule has 1 rings (SSSR count). The zero-order chi connectivity index (χ0) is 11.3. The highest BCUT2D eigenvalue weighted by Gasteiger charge is 2.06. The molecule has 3 N–H and O–H groups in total. The number of hydrogen-bond acceptors (Lipinski definition) is 2. The van der Waals surface area contributed by atoms with E-state index in [1.807, 2.05) is 24.3 Å². The summed E-state index contributed by atoms with van der Waals surface area (Å²) in [7, 11) is 3.38. The minimum absolute atomic E-state index is 0.0897. The molecule has 0 aliphatic rings. The Hall–Kier alpha value is -1.55. The van der Waals surface area contributed by atoms with Crippen molar-refractivity contribution in [3.8, 4) is 0 Å². The molecule has 0 heterocycles. The van der Waals surface area contributed by atoms with Crippen LogP contribution in [0.4, 0.5) is 4.79 Å². The zero-order valence-corrected chi connectivity index (χ0v) is 9.16. The maximum atomic E-state index is 11.3. The first-order valence-electron chi connectivity index (χ1n) is 4.88. The van der Waals surface area contributed by atoms with Crippen molar-refractivity contribution in [3.63, 3.8) is 0 Å². The predicted octanol–water partition coefficient (Wildman–Crippen LogP) is 0.916. The average Bonchev–Trinajstić information content (AvgIpc) is 2.28. The number of nitrogens with one attached hydrogen (secondary N) is 1. The van der Waals surface area contributed by atoms with Crippen LogP contribution in [-0.4, -0.2) is 25.0 Å². The van der Waals surface area contributed by atoms with Crippen LogP contribution in [0.15, 0.2) is 24.3 Å². The standard InChI is InChI=1S/C11H17N3O/c1-13-11(15)14(2)8-10-5-3-4-9(6-10)7-12/h3-6H,7-8,12H2,1-2H3,(H,13,15). The van der Waals surface area contributed by atoms with E-state index in [1.165, 1.54) is 0 Å². The Bertz CT molecular complexity index is 338. The largest absolute Gasteiger partial charge is 0.341 e. The Morgan fingerprint density at radius 1 is 1.47 bits per heavy atom. The summed E-state index contributed by atoms with van der Waals surface area (Å²) in [6, 6.07) is 7.84. The van der Waals surface area contributed by atoms with E-state index in [2.05, 4.69) is 5.32 Å². The van der Waals surface area contributed by atoms with Crippen molar-refractivity contribution in [2.75, 3.05) is 14.1 Å². The molecular weight excluding hydrogens is 190 g/mol. The first kappa shape index (κ1) is 11.5. The van der Waals surface area contributed by atoms with Gasteiger partial charge in [0.15, 0.2) is 0 Å². The van der Waals surface area contributed by atoms with Crippen LogP contribution >= 0.6 is 0 Å². The number of amides is 2. The third kappa shape index (κ3) is 3.25. The summed E-state index contributed by atoms with van der Waals surface area (Å²) in [6.07, 6.45) is 0. The van der Waals surface area contributed by atoms with Crippen molar-refractivity contribution in [1.82, 2.24) is 10.2 Å². The number of nitrogens with zero attached hydrogens (tertiary/aromatic N) is 1. The zero-order valence-electron chi connectivity index (χ0n) is 9.16. The molecule has 0 aromatic heterocycles. The van der Waals surface area contributed by atoms with Crippen molar-refractivity contribution in [3.05, 3.63) is 35.4 Å². The van der Waals surface area contributed by atoms with Crippen molar-refractivity contribution >= 4 is 6.03 Å². The number of carbonyl (C=O) groups is 1. The molecule has 15 heavy (non-hydrogen) atoms. The molecule has 0 atom stereocenters. The van der Waals surface area contributed by atoms with Gasteiger partial charge in [-0.15, -0.1) is 0 Å². The summed E-state index contributed by atoms with van der Waals surface area (Å²) in [5.74, 6) is 0. The average molecular weight is 207 g/mol. The molecule has 0 saturated carbocycles. The summed E-state index contributed by atoms with van der Waals surface area (Å²) in [4.78, 5) is 12.9. The van der Waals surface area contributed by atoms with Gasteiger partial charge in [0, 0.05) is 27.2 Å². The van der Waals surface area contributed by atoms with Crippen LogP contribution in [0.25, 0.3) is 0 Å². The predicted molar refractivity (Wildman–Crippen MR) is 60.3 cm³/mol. The summed E-state index contributed by atoms with van der Waals surface area (Å²) < 4.78 is 0. The first-order chi connectivity index (χ1) is 7.17. The van der Waals surface area contributed by atoms with E-state index in [4.69, 9.17) is 5.73 Å². The normalized spacial score (nSPS) is 9.80. The Morgan fingerprint density at radius 2 is 2.13 bits per heavy atom. The second-order valence-electron chi connectivity index (χ2n) is 3.44. The number of hydrogen-bond donors (Lipinski definition) is 2. The Labute approximate surface area is 90.1 Å². The van der Waals surface area contributed by atoms with Gasteiger partial charge in [-0.1, -0.05) is 24.3 Å². The molecule has 0 aliphatic heterocycles. The smallest absolute Gasteiger partial charge is 0.317 e. The van der Waals surface area contributed by atoms with Crippen LogP contribution in [0.1, 0.15) is 11.1 Å². The van der Waals surface area contributed by atoms with Gasteiger partial charge in [-0.05, 0) is 11.1 Å². The van der Waals surface area contributed by atoms with Crippen LogP contribution in [-0.2, 0) is 13.1 Å². The number of rotatable bonds is 3. The van der Waals surface area contributed by atoms with E-state index < -0.39 is 0 Å². The molecule has 1 aromatic rings. The number of nitrogens with two attached hydrogens (primary N) is 1. The molecule has 0 saturated heterocycles. The third-order valence-corrected chi connectivity index (χ3v) is 2.21. The lowest BCUT2D eigenvalue weighted by Gasteiger charge is -2.16. The van der Waals surface area contributed by atoms with Crippen LogP contribution in [0.5, 0.6) is 0 Å². The molecule has 0 radical (unpaired) electrons. The lowest BCUT2D eigenvalue weighted by atomic mass is 10.1. The summed E-state index contributed by atoms with van der Waals surface area (Å²) >= 11 is 0. The highest BCUT2D eigenvalue weighted by Crippen LogP contribution is 2.07. The van der Waals surface area contributed by atoms with Gasteiger partial charge in [0.25, 0.3) is 0 Å². The Morgan fingerprint density at radius 3 is 2.73 bits per heavy atom. The second-order valence-corrected chi connectivity index (χ2v) is 3.44. The maximum Gasteiger partial charge on any atom is 0.317 e. The molecule has 0 aliphatic carbocycles. The van der Waals surface area contributed by atoms with Gasteiger partial charge in [-0.3, -0.25) is 0 Å². The first-order valence-corrected chi connectivity index (χ1v) is 4.88. The minimum atomic E-state index is -0.0897. The quantitative estimate of drug-likeness (QED) is 0.774. The van der Waals surface area contributed by atoms with Crippen molar-refractivity contribution in [2.24, 2.45) is 5.73 Å². The van der Waals surface area contributed by atoms with Crippen molar-refractivity contribution in [1.29, 1.82) is 0 Å². The van der Waals surface area contributed by atoms with Gasteiger partial charge in [0.05, 0.1) is 0 Å². The van der Waals surface area contributed by atoms with Gasteiger partial charge in [0.2, 0.25) is 0 Å². The molecular formula is C11H17N3O. The summed E-state index contributed by atoms with van der Waals surface area (Å²) in [6.45, 7) is 1.12. The van der Waals surface area contributed by atoms with Crippen LogP contribution in [0.2, 0.25) is 0 Å². The monoisotopic (exact) mass is 207 g/mol. The molecule has 1 aromatic carbocycles. The molecule has 82 valence electrons. The fourth-order valence-corrected chi connectivity index (χ4v) is 1.39. The topological polar surface area (TPSA) is 58.4 Å². The van der Waals surface area contributed by atoms with Crippen LogP contribution < -0.4 is 11.1 Å². The van der Waals surface area contributed by atoms with E-state index in [1.54, 1.807) is 19.0 Å². The Balaban J connectivity index is 2.67. The van der Waals surface area contributed by atoms with Crippen molar-refractivity contribution < 1.29 is 4.79 Å². The fourth-order valence-electron chi connectivity index (χ4n) is 1.39. The molecule has 4 heteroatoms. The van der Waals surface area contributed by atoms with Crippen molar-refractivity contribution in [2.45, 2.75) is 13.1 Å². The number of urea groups is 1. The van der Waals surface area contributed by atoms with E-state index in [0.29, 0.717) is 13.1 Å². The SMILES string of the molecule is CNC(=O)N(C)Cc1cccc(CN)c1. The molecule has 0 bridgehead atoms. The van der Waals surface area contributed by atoms with Gasteiger partial charge >= 0.3 is 6.03 Å². The number of carbonyl (C=O) groups excluding carboxylic acids is 1. The summed E-state index contributed by atoms with van der Waals surface area (Å²) in [5.41, 5.74) is 7.71. The van der Waals surface area contributed by atoms with E-state index in [0.717, 1.165) is 11.1 Å². The lowest BCUT2D eigenvalue weighted by molar-refractivity contribution is 0.209. The molecule has 4 nitrogen and oxygen atoms in total. The van der Waals surface area contributed by atoms with E-state index in [9.17, 15) is 4.79 Å². The lowest BCUT2D eigenvalue weighted by Crippen LogP contribution is -2.34. The van der Waals surface area contributed by atoms with E-state index >= 15 is 0 Å². The highest BCUT2D eigenvalue weighted by molar-refractivity contribution is 5.73. The second kappa shape index (κ2) is 5.36. The molecule has 2 amide bonds. The summed E-state index contributed by atoms with van der Waals surface area (Å²) in [5, 5.41) is 2.58. The van der Waals surface area contributed by atoms with Gasteiger partial charge in [0.1, 0.15) is 0 Å². The third-order valence-electron chi connectivity index (χ3n) is 2.21. The fraction of sp³-hybridized carbons (Fsp3) is 0.364. The van der Waals surface area contributed by atoms with Gasteiger partial charge in [-0.25, -0.2) is 4.79 Å². The highest BCUT2D eigenvalue weighted by atomic mass is 16.2. The van der Waals surface area contributed by atoms with Gasteiger partial charge in [-0.2, -0.15) is 0 Å². The Kier molecular flexibility index (Phi) is 4.12. The maximum absolute atomic E-state index is 11.3. The van der Waals surface area contributed by atoms with Gasteiger partial charge < -0.3 is 16.0 Å². The minimum Gasteiger partial charge on any atom is -0.341 e. The van der Waals surface area contributed by atoms with Crippen LogP contribution in [0, 0.1) is 0 Å². The van der Waals surface area contributed by atoms with E-state index in [-0.39, 0.29) is 6.03 Å². The molecule has 0 unspecified atom stereocenters. The molecule has 0 fully saturated rings. The molecule has 0 spiro atoms. The van der Waals surface area contributed by atoms with Crippen LogP contribution in [0.3, 0.4) is 0 Å².